The molecule has 0 bridgehead atoms. The number of aliphatic hydroxyl groups excluding tert-OH is 2. The number of esters is 1. The second-order valence-electron chi connectivity index (χ2n) is 16.5. The van der Waals surface area contributed by atoms with E-state index in [0.717, 1.165) is 64.2 Å². The van der Waals surface area contributed by atoms with Crippen LogP contribution in [0.5, 0.6) is 0 Å². The minimum atomic E-state index is -4.53. The van der Waals surface area contributed by atoms with Gasteiger partial charge in [0.15, 0.2) is 0 Å². The molecule has 0 rings (SSSR count). The third kappa shape index (κ3) is 45.9. The van der Waals surface area contributed by atoms with E-state index in [1.54, 1.807) is 0 Å². The zero-order valence-corrected chi connectivity index (χ0v) is 39.6. The van der Waals surface area contributed by atoms with E-state index >= 15 is 0 Å². The predicted octanol–water partition coefficient (Wildman–Crippen LogP) is 14.1. The molecular formula is C50H93O9P. The summed E-state index contributed by atoms with van der Waals surface area (Å²) in [7, 11) is -4.53. The second kappa shape index (κ2) is 46.9. The van der Waals surface area contributed by atoms with Gasteiger partial charge in [0.1, 0.15) is 12.2 Å². The number of phosphoric ester groups is 1. The molecule has 0 aliphatic heterocycles. The van der Waals surface area contributed by atoms with Gasteiger partial charge in [-0.3, -0.25) is 13.8 Å². The number of carbonyl (C=O) groups is 1. The summed E-state index contributed by atoms with van der Waals surface area (Å²) in [5, 5.41) is 18.4. The summed E-state index contributed by atoms with van der Waals surface area (Å²) in [6.45, 7) is 3.49. The molecule has 0 radical (unpaired) electrons. The van der Waals surface area contributed by atoms with E-state index in [4.69, 9.17) is 23.6 Å². The number of carbonyl (C=O) groups excluding carboxylic acids is 1. The Morgan fingerprint density at radius 2 is 0.900 bits per heavy atom. The van der Waals surface area contributed by atoms with Crippen molar-refractivity contribution in [3.8, 4) is 0 Å². The molecule has 0 aromatic rings. The van der Waals surface area contributed by atoms with E-state index in [-0.39, 0.29) is 25.6 Å². The highest BCUT2D eigenvalue weighted by Gasteiger charge is 2.26. The lowest BCUT2D eigenvalue weighted by atomic mass is 10.1. The van der Waals surface area contributed by atoms with Gasteiger partial charge in [0.2, 0.25) is 0 Å². The van der Waals surface area contributed by atoms with Gasteiger partial charge in [0, 0.05) is 13.0 Å². The molecule has 3 atom stereocenters. The highest BCUT2D eigenvalue weighted by atomic mass is 31.2. The molecule has 0 saturated carbocycles. The van der Waals surface area contributed by atoms with Crippen LogP contribution >= 0.6 is 7.82 Å². The first-order valence-corrected chi connectivity index (χ1v) is 26.1. The molecule has 0 aromatic heterocycles. The van der Waals surface area contributed by atoms with Gasteiger partial charge in [-0.1, -0.05) is 184 Å². The molecule has 0 heterocycles. The largest absolute Gasteiger partial charge is 0.472 e. The van der Waals surface area contributed by atoms with Crippen LogP contribution in [0.25, 0.3) is 0 Å². The van der Waals surface area contributed by atoms with Gasteiger partial charge in [0.25, 0.3) is 0 Å². The molecule has 0 aliphatic carbocycles. The number of hydrogen-bond donors (Lipinski definition) is 3. The summed E-state index contributed by atoms with van der Waals surface area (Å²) in [5.41, 5.74) is 0. The van der Waals surface area contributed by atoms with Crippen LogP contribution in [0.15, 0.2) is 48.6 Å². The Labute approximate surface area is 368 Å². The van der Waals surface area contributed by atoms with Gasteiger partial charge >= 0.3 is 13.8 Å². The van der Waals surface area contributed by atoms with Crippen LogP contribution in [0, 0.1) is 0 Å². The number of rotatable bonds is 47. The van der Waals surface area contributed by atoms with E-state index < -0.39 is 33.2 Å². The fourth-order valence-corrected chi connectivity index (χ4v) is 7.50. The Hall–Kier alpha value is -1.58. The van der Waals surface area contributed by atoms with Gasteiger partial charge in [0.05, 0.1) is 26.4 Å². The summed E-state index contributed by atoms with van der Waals surface area (Å²) in [6, 6.07) is 0. The van der Waals surface area contributed by atoms with E-state index in [2.05, 4.69) is 62.5 Å². The average molecular weight is 869 g/mol. The molecule has 0 aromatic carbocycles. The van der Waals surface area contributed by atoms with Crippen LogP contribution in [-0.4, -0.2) is 66.3 Å². The first-order chi connectivity index (χ1) is 29.3. The lowest BCUT2D eigenvalue weighted by Gasteiger charge is -2.20. The number of hydrogen-bond acceptors (Lipinski definition) is 8. The topological polar surface area (TPSA) is 132 Å². The average Bonchev–Trinajstić information content (AvgIpc) is 3.24. The summed E-state index contributed by atoms with van der Waals surface area (Å²) >= 11 is 0. The van der Waals surface area contributed by atoms with Crippen molar-refractivity contribution in [3.05, 3.63) is 48.6 Å². The molecular weight excluding hydrogens is 776 g/mol. The van der Waals surface area contributed by atoms with Crippen molar-refractivity contribution in [2.75, 3.05) is 33.0 Å². The molecule has 0 amide bonds. The second-order valence-corrected chi connectivity index (χ2v) is 17.9. The summed E-state index contributed by atoms with van der Waals surface area (Å²) in [6.07, 6.45) is 53.5. The van der Waals surface area contributed by atoms with Gasteiger partial charge in [-0.25, -0.2) is 4.57 Å². The van der Waals surface area contributed by atoms with Crippen LogP contribution in [-0.2, 0) is 27.9 Å². The molecule has 10 heteroatoms. The highest BCUT2D eigenvalue weighted by molar-refractivity contribution is 7.47. The lowest BCUT2D eigenvalue weighted by Crippen LogP contribution is -2.29. The van der Waals surface area contributed by atoms with Gasteiger partial charge in [-0.15, -0.1) is 0 Å². The normalized spacial score (nSPS) is 14.3. The van der Waals surface area contributed by atoms with E-state index in [9.17, 15) is 19.4 Å². The SMILES string of the molecule is CCCCC/C=C\C/C=C\CCCCCCCCCCOCC(COP(=O)(O)OCC(O)CO)OC(=O)CCCCCCCCCCC/C=C\C/C=C\CCCCCCC. The maximum Gasteiger partial charge on any atom is 0.472 e. The number of unbranched alkanes of at least 4 members (excludes halogenated alkanes) is 25. The fraction of sp³-hybridized carbons (Fsp3) is 0.820. The van der Waals surface area contributed by atoms with Crippen molar-refractivity contribution >= 4 is 13.8 Å². The Bertz CT molecular complexity index is 1080. The molecule has 3 unspecified atom stereocenters. The summed E-state index contributed by atoms with van der Waals surface area (Å²) in [5.74, 6) is -0.388. The Morgan fingerprint density at radius 3 is 1.37 bits per heavy atom. The van der Waals surface area contributed by atoms with Crippen LogP contribution in [0.1, 0.15) is 219 Å². The maximum atomic E-state index is 12.7. The van der Waals surface area contributed by atoms with E-state index in [0.29, 0.717) is 6.61 Å². The van der Waals surface area contributed by atoms with E-state index in [1.165, 1.54) is 135 Å². The Kier molecular flexibility index (Phi) is 45.7. The predicted molar refractivity (Wildman–Crippen MR) is 251 cm³/mol. The number of aliphatic hydroxyl groups is 2. The van der Waals surface area contributed by atoms with Crippen molar-refractivity contribution in [2.45, 2.75) is 232 Å². The molecule has 0 saturated heterocycles. The number of allylic oxidation sites excluding steroid dienone is 8. The van der Waals surface area contributed by atoms with Gasteiger partial charge < -0.3 is 24.6 Å². The lowest BCUT2D eigenvalue weighted by molar-refractivity contribution is -0.154. The molecule has 0 spiro atoms. The van der Waals surface area contributed by atoms with Crippen LogP contribution < -0.4 is 0 Å². The fourth-order valence-electron chi connectivity index (χ4n) is 6.71. The van der Waals surface area contributed by atoms with Crippen LogP contribution in [0.3, 0.4) is 0 Å². The first-order valence-electron chi connectivity index (χ1n) is 24.6. The summed E-state index contributed by atoms with van der Waals surface area (Å²) < 4.78 is 33.5. The van der Waals surface area contributed by atoms with Crippen molar-refractivity contribution in [1.82, 2.24) is 0 Å². The zero-order chi connectivity index (χ0) is 43.9. The highest BCUT2D eigenvalue weighted by Crippen LogP contribution is 2.43. The third-order valence-corrected chi connectivity index (χ3v) is 11.4. The molecule has 9 nitrogen and oxygen atoms in total. The van der Waals surface area contributed by atoms with Crippen molar-refractivity contribution in [2.24, 2.45) is 0 Å². The van der Waals surface area contributed by atoms with Crippen molar-refractivity contribution in [3.63, 3.8) is 0 Å². The standard InChI is InChI=1S/C50H93O9P/c1-3-5-7-9-11-13-15-17-19-21-23-24-25-26-28-30-32-34-36-38-40-42-50(53)59-49(47-58-60(54,55)57-45-48(52)44-51)46-56-43-41-39-37-35-33-31-29-27-22-20-18-16-14-12-10-8-6-4-2/h12,14-15,17-18,20-21,23,48-49,51-52H,3-11,13,16,19,22,24-47H2,1-2H3,(H,54,55)/b14-12-,17-15-,20-18-,23-21-. The minimum Gasteiger partial charge on any atom is -0.457 e. The summed E-state index contributed by atoms with van der Waals surface area (Å²) in [4.78, 5) is 22.7. The minimum absolute atomic E-state index is 0.0433. The molecule has 3 N–H and O–H groups in total. The van der Waals surface area contributed by atoms with Crippen molar-refractivity contribution in [1.29, 1.82) is 0 Å². The monoisotopic (exact) mass is 869 g/mol. The van der Waals surface area contributed by atoms with Crippen molar-refractivity contribution < 1.29 is 43.0 Å². The van der Waals surface area contributed by atoms with Gasteiger partial charge in [-0.05, 0) is 77.0 Å². The molecule has 60 heavy (non-hydrogen) atoms. The Balaban J connectivity index is 4.12. The molecule has 352 valence electrons. The van der Waals surface area contributed by atoms with Crippen LogP contribution in [0.2, 0.25) is 0 Å². The van der Waals surface area contributed by atoms with Crippen LogP contribution in [0.4, 0.5) is 0 Å². The van der Waals surface area contributed by atoms with Gasteiger partial charge in [-0.2, -0.15) is 0 Å². The molecule has 0 aliphatic rings. The zero-order valence-electron chi connectivity index (χ0n) is 38.7. The number of ether oxygens (including phenoxy) is 2. The third-order valence-electron chi connectivity index (χ3n) is 10.5. The quantitative estimate of drug-likeness (QED) is 0.0237. The molecule has 0 fully saturated rings. The maximum absolute atomic E-state index is 12.7. The Morgan fingerprint density at radius 1 is 0.517 bits per heavy atom. The number of phosphoric acid groups is 1. The smallest absolute Gasteiger partial charge is 0.457 e. The first kappa shape index (κ1) is 58.4. The van der Waals surface area contributed by atoms with E-state index in [1.807, 2.05) is 0 Å².